The van der Waals surface area contributed by atoms with Crippen molar-refractivity contribution >= 4 is 48.7 Å². The number of carbonyl (C=O) groups excluding carboxylic acids is 1. The molecule has 0 amide bonds. The van der Waals surface area contributed by atoms with Crippen LogP contribution >= 0.6 is 31.9 Å². The first-order valence-electron chi connectivity index (χ1n) is 7.19. The number of aromatic amines is 1. The smallest absolute Gasteiger partial charge is 0.305 e. The van der Waals surface area contributed by atoms with E-state index in [1.54, 1.807) is 0 Å². The number of hydrogen-bond donors (Lipinski definition) is 1. The second kappa shape index (κ2) is 5.65. The van der Waals surface area contributed by atoms with Gasteiger partial charge in [-0.3, -0.25) is 4.79 Å². The highest BCUT2D eigenvalue weighted by Gasteiger charge is 2.46. The Morgan fingerprint density at radius 3 is 2.68 bits per heavy atom. The summed E-state index contributed by atoms with van der Waals surface area (Å²) < 4.78 is 13.6. The molecule has 0 saturated heterocycles. The van der Waals surface area contributed by atoms with Crippen molar-refractivity contribution in [3.63, 3.8) is 0 Å². The molecular weight excluding hydrogens is 414 g/mol. The molecule has 2 heterocycles. The van der Waals surface area contributed by atoms with Gasteiger partial charge in [0, 0.05) is 27.2 Å². The number of carbonyl (C=O) groups is 1. The molecule has 22 heavy (non-hydrogen) atoms. The van der Waals surface area contributed by atoms with Crippen molar-refractivity contribution in [3.05, 3.63) is 32.3 Å². The molecule has 1 aromatic carbocycles. The van der Waals surface area contributed by atoms with Gasteiger partial charge in [0.15, 0.2) is 0 Å². The summed E-state index contributed by atoms with van der Waals surface area (Å²) in [6.07, 6.45) is 0.778. The van der Waals surface area contributed by atoms with E-state index in [1.807, 2.05) is 26.0 Å². The summed E-state index contributed by atoms with van der Waals surface area (Å²) in [6, 6.07) is 4.00. The van der Waals surface area contributed by atoms with Crippen molar-refractivity contribution in [2.75, 3.05) is 6.61 Å². The summed E-state index contributed by atoms with van der Waals surface area (Å²) in [7, 11) is 0. The highest BCUT2D eigenvalue weighted by atomic mass is 79.9. The maximum Gasteiger partial charge on any atom is 0.305 e. The van der Waals surface area contributed by atoms with Crippen LogP contribution in [0.5, 0.6) is 0 Å². The topological polar surface area (TPSA) is 51.3 Å². The molecule has 0 spiro atoms. The number of H-pyrrole nitrogens is 1. The first-order chi connectivity index (χ1) is 10.4. The van der Waals surface area contributed by atoms with E-state index in [1.165, 1.54) is 6.92 Å². The molecule has 1 unspecified atom stereocenters. The third-order valence-electron chi connectivity index (χ3n) is 4.03. The molecule has 1 aliphatic heterocycles. The Labute approximate surface area is 145 Å². The van der Waals surface area contributed by atoms with Crippen molar-refractivity contribution in [3.8, 4) is 0 Å². The van der Waals surface area contributed by atoms with Gasteiger partial charge in [-0.25, -0.2) is 0 Å². The minimum atomic E-state index is -1.06. The van der Waals surface area contributed by atoms with E-state index in [4.69, 9.17) is 9.47 Å². The summed E-state index contributed by atoms with van der Waals surface area (Å²) >= 11 is 7.21. The first kappa shape index (κ1) is 16.0. The minimum absolute atomic E-state index is 0.0129. The van der Waals surface area contributed by atoms with E-state index in [0.717, 1.165) is 37.5 Å². The standard InChI is InChI=1S/C16H17Br2NO3/c1-8(2)16(22-9(3)20)15-10(6-7-21-16)13-11(17)4-5-12(18)14(13)19-15/h4-5,8,19H,6-7H2,1-3H3. The van der Waals surface area contributed by atoms with Gasteiger partial charge in [-0.05, 0) is 40.0 Å². The number of aromatic nitrogens is 1. The van der Waals surface area contributed by atoms with E-state index in [0.29, 0.717) is 6.61 Å². The Morgan fingerprint density at radius 2 is 2.05 bits per heavy atom. The third kappa shape index (κ3) is 2.32. The predicted molar refractivity (Wildman–Crippen MR) is 91.6 cm³/mol. The van der Waals surface area contributed by atoms with Crippen LogP contribution in [-0.2, 0) is 26.5 Å². The number of hydrogen-bond acceptors (Lipinski definition) is 3. The Morgan fingerprint density at radius 1 is 1.36 bits per heavy atom. The van der Waals surface area contributed by atoms with Gasteiger partial charge in [-0.1, -0.05) is 29.8 Å². The van der Waals surface area contributed by atoms with Crippen LogP contribution in [0.15, 0.2) is 21.1 Å². The van der Waals surface area contributed by atoms with E-state index in [2.05, 4.69) is 36.8 Å². The van der Waals surface area contributed by atoms with Crippen LogP contribution in [0.1, 0.15) is 32.0 Å². The fraction of sp³-hybridized carbons (Fsp3) is 0.438. The van der Waals surface area contributed by atoms with Gasteiger partial charge >= 0.3 is 5.97 Å². The van der Waals surface area contributed by atoms with Gasteiger partial charge in [0.2, 0.25) is 0 Å². The number of halogens is 2. The first-order valence-corrected chi connectivity index (χ1v) is 8.78. The fourth-order valence-corrected chi connectivity index (χ4v) is 4.09. The Kier molecular flexibility index (Phi) is 4.12. The second-order valence-electron chi connectivity index (χ2n) is 5.77. The predicted octanol–water partition coefficient (Wildman–Crippen LogP) is 4.64. The Balaban J connectivity index is 2.32. The molecule has 0 fully saturated rings. The molecule has 1 aromatic heterocycles. The van der Waals surface area contributed by atoms with Gasteiger partial charge in [-0.15, -0.1) is 0 Å². The van der Waals surface area contributed by atoms with Gasteiger partial charge < -0.3 is 14.5 Å². The highest BCUT2D eigenvalue weighted by Crippen LogP contribution is 2.45. The van der Waals surface area contributed by atoms with Crippen LogP contribution in [0, 0.1) is 5.92 Å². The van der Waals surface area contributed by atoms with E-state index in [-0.39, 0.29) is 11.9 Å². The molecule has 4 nitrogen and oxygen atoms in total. The maximum atomic E-state index is 11.6. The molecule has 3 rings (SSSR count). The normalized spacial score (nSPS) is 21.2. The lowest BCUT2D eigenvalue weighted by Gasteiger charge is -2.39. The zero-order valence-electron chi connectivity index (χ0n) is 12.6. The van der Waals surface area contributed by atoms with Crippen LogP contribution in [0.3, 0.4) is 0 Å². The molecule has 0 radical (unpaired) electrons. The third-order valence-corrected chi connectivity index (χ3v) is 5.35. The van der Waals surface area contributed by atoms with Crippen molar-refractivity contribution in [2.24, 2.45) is 5.92 Å². The SMILES string of the molecule is CC(=O)OC1(C(C)C)OCCc2c1[nH]c1c(Br)ccc(Br)c21. The average molecular weight is 431 g/mol. The van der Waals surface area contributed by atoms with Crippen LogP contribution in [0.25, 0.3) is 10.9 Å². The average Bonchev–Trinajstić information content (AvgIpc) is 2.84. The van der Waals surface area contributed by atoms with Gasteiger partial charge in [-0.2, -0.15) is 0 Å². The zero-order valence-corrected chi connectivity index (χ0v) is 15.8. The molecule has 2 aromatic rings. The lowest BCUT2D eigenvalue weighted by atomic mass is 9.92. The quantitative estimate of drug-likeness (QED) is 0.706. The van der Waals surface area contributed by atoms with Crippen LogP contribution in [-0.4, -0.2) is 17.6 Å². The van der Waals surface area contributed by atoms with Gasteiger partial charge in [0.1, 0.15) is 0 Å². The van der Waals surface area contributed by atoms with Crippen molar-refractivity contribution < 1.29 is 14.3 Å². The summed E-state index contributed by atoms with van der Waals surface area (Å²) in [5.74, 6) is -1.42. The Hall–Kier alpha value is -0.850. The summed E-state index contributed by atoms with van der Waals surface area (Å²) in [4.78, 5) is 15.1. The number of nitrogens with one attached hydrogen (secondary N) is 1. The molecule has 1 atom stereocenters. The largest absolute Gasteiger partial charge is 0.427 e. The minimum Gasteiger partial charge on any atom is -0.427 e. The number of esters is 1. The number of fused-ring (bicyclic) bond motifs is 3. The van der Waals surface area contributed by atoms with Gasteiger partial charge in [0.05, 0.1) is 17.8 Å². The van der Waals surface area contributed by atoms with Crippen molar-refractivity contribution in [1.29, 1.82) is 0 Å². The number of benzene rings is 1. The zero-order chi connectivity index (χ0) is 16.1. The van der Waals surface area contributed by atoms with E-state index < -0.39 is 5.79 Å². The van der Waals surface area contributed by atoms with Crippen LogP contribution in [0.4, 0.5) is 0 Å². The Bertz CT molecular complexity index is 753. The summed E-state index contributed by atoms with van der Waals surface area (Å²) in [5, 5.41) is 1.12. The lowest BCUT2D eigenvalue weighted by Crippen LogP contribution is -2.44. The summed E-state index contributed by atoms with van der Waals surface area (Å²) in [6.45, 7) is 5.92. The molecule has 1 aliphatic rings. The molecular formula is C16H17Br2NO3. The van der Waals surface area contributed by atoms with Crippen LogP contribution < -0.4 is 0 Å². The maximum absolute atomic E-state index is 11.6. The molecule has 0 saturated carbocycles. The van der Waals surface area contributed by atoms with E-state index >= 15 is 0 Å². The van der Waals surface area contributed by atoms with Crippen molar-refractivity contribution in [2.45, 2.75) is 33.0 Å². The molecule has 118 valence electrons. The number of ether oxygens (including phenoxy) is 2. The van der Waals surface area contributed by atoms with Crippen LogP contribution in [0.2, 0.25) is 0 Å². The molecule has 0 bridgehead atoms. The molecule has 1 N–H and O–H groups in total. The summed E-state index contributed by atoms with van der Waals surface area (Å²) in [5.41, 5.74) is 2.97. The fourth-order valence-electron chi connectivity index (χ4n) is 3.09. The van der Waals surface area contributed by atoms with Gasteiger partial charge in [0.25, 0.3) is 5.79 Å². The van der Waals surface area contributed by atoms with Crippen molar-refractivity contribution in [1.82, 2.24) is 4.98 Å². The highest BCUT2D eigenvalue weighted by molar-refractivity contribution is 9.11. The van der Waals surface area contributed by atoms with E-state index in [9.17, 15) is 4.79 Å². The molecule has 6 heteroatoms. The second-order valence-corrected chi connectivity index (χ2v) is 7.48. The lowest BCUT2D eigenvalue weighted by molar-refractivity contribution is -0.265. The number of rotatable bonds is 2. The monoisotopic (exact) mass is 429 g/mol. The molecule has 0 aliphatic carbocycles.